The van der Waals surface area contributed by atoms with Gasteiger partial charge in [-0.15, -0.1) is 0 Å². The van der Waals surface area contributed by atoms with E-state index in [0.29, 0.717) is 22.0 Å². The number of carbonyl (C=O) groups is 1. The summed E-state index contributed by atoms with van der Waals surface area (Å²) in [5, 5.41) is 4.52. The molecule has 5 heteroatoms. The quantitative estimate of drug-likeness (QED) is 0.690. The minimum Gasteiger partial charge on any atom is -0.267 e. The van der Waals surface area contributed by atoms with Crippen molar-refractivity contribution in [1.82, 2.24) is 10.4 Å². The molecule has 1 N–H and O–H groups in total. The van der Waals surface area contributed by atoms with Crippen LogP contribution in [0.15, 0.2) is 53.8 Å². The third kappa shape index (κ3) is 3.63. The van der Waals surface area contributed by atoms with Crippen molar-refractivity contribution < 1.29 is 4.79 Å². The summed E-state index contributed by atoms with van der Waals surface area (Å²) in [5.74, 6) is -0.308. The zero-order chi connectivity index (χ0) is 13.7. The van der Waals surface area contributed by atoms with E-state index < -0.39 is 0 Å². The van der Waals surface area contributed by atoms with Crippen molar-refractivity contribution in [2.45, 2.75) is 6.92 Å². The summed E-state index contributed by atoms with van der Waals surface area (Å²) in [4.78, 5) is 16.0. The Labute approximate surface area is 116 Å². The topological polar surface area (TPSA) is 54.4 Å². The number of nitrogens with one attached hydrogen (secondary N) is 1. The Hall–Kier alpha value is -2.20. The number of nitrogens with zero attached hydrogens (tertiary/aromatic N) is 2. The molecule has 0 aliphatic rings. The van der Waals surface area contributed by atoms with Crippen molar-refractivity contribution in [2.24, 2.45) is 5.10 Å². The lowest BCUT2D eigenvalue weighted by Crippen LogP contribution is -2.19. The molecule has 4 nitrogen and oxygen atoms in total. The normalized spacial score (nSPS) is 11.2. The minimum atomic E-state index is -0.308. The molecule has 0 radical (unpaired) electrons. The van der Waals surface area contributed by atoms with E-state index >= 15 is 0 Å². The van der Waals surface area contributed by atoms with Crippen LogP contribution in [0.1, 0.15) is 23.0 Å². The Bertz CT molecular complexity index is 611. The largest absolute Gasteiger partial charge is 0.271 e. The standard InChI is InChI=1S/C14H12ClN3O/c1-10(13-7-2-3-8-16-13)17-18-14(19)11-5-4-6-12(15)9-11/h2-9H,1H3,(H,18,19)/b17-10-. The molecule has 96 valence electrons. The molecular weight excluding hydrogens is 262 g/mol. The van der Waals surface area contributed by atoms with Gasteiger partial charge in [-0.1, -0.05) is 23.7 Å². The number of carbonyl (C=O) groups excluding carboxylic acids is 1. The summed E-state index contributed by atoms with van der Waals surface area (Å²) in [7, 11) is 0. The zero-order valence-corrected chi connectivity index (χ0v) is 11.1. The van der Waals surface area contributed by atoms with Crippen molar-refractivity contribution in [3.63, 3.8) is 0 Å². The summed E-state index contributed by atoms with van der Waals surface area (Å²) in [6.45, 7) is 1.78. The fraction of sp³-hybridized carbons (Fsp3) is 0.0714. The maximum atomic E-state index is 11.8. The van der Waals surface area contributed by atoms with Gasteiger partial charge in [0.25, 0.3) is 5.91 Å². The summed E-state index contributed by atoms with van der Waals surface area (Å²) in [6, 6.07) is 12.2. The molecular formula is C14H12ClN3O. The molecule has 1 heterocycles. The van der Waals surface area contributed by atoms with Crippen LogP contribution in [-0.2, 0) is 0 Å². The van der Waals surface area contributed by atoms with E-state index in [1.54, 1.807) is 37.4 Å². The first-order valence-corrected chi connectivity index (χ1v) is 6.06. The van der Waals surface area contributed by atoms with Gasteiger partial charge >= 0.3 is 0 Å². The smallest absolute Gasteiger partial charge is 0.267 e. The van der Waals surface area contributed by atoms with E-state index in [9.17, 15) is 4.79 Å². The third-order valence-electron chi connectivity index (χ3n) is 2.45. The van der Waals surface area contributed by atoms with E-state index in [1.807, 2.05) is 18.2 Å². The average molecular weight is 274 g/mol. The van der Waals surface area contributed by atoms with Crippen molar-refractivity contribution in [3.8, 4) is 0 Å². The number of pyridine rings is 1. The fourth-order valence-corrected chi connectivity index (χ4v) is 1.65. The van der Waals surface area contributed by atoms with Crippen LogP contribution in [0.5, 0.6) is 0 Å². The lowest BCUT2D eigenvalue weighted by Gasteiger charge is -2.02. The summed E-state index contributed by atoms with van der Waals surface area (Å²) in [5.41, 5.74) is 4.29. The number of halogens is 1. The van der Waals surface area contributed by atoms with E-state index in [4.69, 9.17) is 11.6 Å². The summed E-state index contributed by atoms with van der Waals surface area (Å²) < 4.78 is 0. The first-order chi connectivity index (χ1) is 9.16. The number of hydrazone groups is 1. The molecule has 19 heavy (non-hydrogen) atoms. The lowest BCUT2D eigenvalue weighted by molar-refractivity contribution is 0.0955. The predicted octanol–water partition coefficient (Wildman–Crippen LogP) is 2.89. The third-order valence-corrected chi connectivity index (χ3v) is 2.68. The van der Waals surface area contributed by atoms with Crippen molar-refractivity contribution in [1.29, 1.82) is 0 Å². The fourth-order valence-electron chi connectivity index (χ4n) is 1.46. The maximum absolute atomic E-state index is 11.8. The molecule has 0 unspecified atom stereocenters. The van der Waals surface area contributed by atoms with Gasteiger partial charge in [0, 0.05) is 16.8 Å². The van der Waals surface area contributed by atoms with E-state index in [0.717, 1.165) is 0 Å². The average Bonchev–Trinajstić information content (AvgIpc) is 2.45. The molecule has 2 rings (SSSR count). The van der Waals surface area contributed by atoms with Gasteiger partial charge in [0.1, 0.15) is 0 Å². The molecule has 0 saturated heterocycles. The van der Waals surface area contributed by atoms with Gasteiger partial charge < -0.3 is 0 Å². The number of hydrogen-bond donors (Lipinski definition) is 1. The number of hydrogen-bond acceptors (Lipinski definition) is 3. The summed E-state index contributed by atoms with van der Waals surface area (Å²) in [6.07, 6.45) is 1.67. The molecule has 2 aromatic rings. The molecule has 0 saturated carbocycles. The van der Waals surface area contributed by atoms with Crippen molar-refractivity contribution in [3.05, 3.63) is 64.9 Å². The highest BCUT2D eigenvalue weighted by atomic mass is 35.5. The maximum Gasteiger partial charge on any atom is 0.271 e. The SMILES string of the molecule is C/C(=N/NC(=O)c1cccc(Cl)c1)c1ccccn1. The van der Waals surface area contributed by atoms with E-state index in [1.165, 1.54) is 0 Å². The lowest BCUT2D eigenvalue weighted by atomic mass is 10.2. The van der Waals surface area contributed by atoms with Crippen LogP contribution in [0, 0.1) is 0 Å². The van der Waals surface area contributed by atoms with Crippen molar-refractivity contribution >= 4 is 23.2 Å². The first kappa shape index (κ1) is 13.2. The van der Waals surface area contributed by atoms with Gasteiger partial charge in [0.15, 0.2) is 0 Å². The summed E-state index contributed by atoms with van der Waals surface area (Å²) >= 11 is 5.82. The van der Waals surface area contributed by atoms with Crippen LogP contribution in [0.3, 0.4) is 0 Å². The number of rotatable bonds is 3. The van der Waals surface area contributed by atoms with Crippen molar-refractivity contribution in [2.75, 3.05) is 0 Å². The Morgan fingerprint density at radius 3 is 2.79 bits per heavy atom. The highest BCUT2D eigenvalue weighted by molar-refractivity contribution is 6.30. The Balaban J connectivity index is 2.08. The minimum absolute atomic E-state index is 0.308. The first-order valence-electron chi connectivity index (χ1n) is 5.68. The Kier molecular flexibility index (Phi) is 4.26. The highest BCUT2D eigenvalue weighted by Crippen LogP contribution is 2.10. The molecule has 0 spiro atoms. The molecule has 0 fully saturated rings. The molecule has 0 bridgehead atoms. The van der Waals surface area contributed by atoms with Crippen LogP contribution < -0.4 is 5.43 Å². The second-order valence-electron chi connectivity index (χ2n) is 3.86. The van der Waals surface area contributed by atoms with Crippen LogP contribution in [0.25, 0.3) is 0 Å². The Morgan fingerprint density at radius 2 is 2.11 bits per heavy atom. The molecule has 1 aromatic heterocycles. The highest BCUT2D eigenvalue weighted by Gasteiger charge is 2.05. The van der Waals surface area contributed by atoms with Gasteiger partial charge in [-0.05, 0) is 37.3 Å². The van der Waals surface area contributed by atoms with Crippen LogP contribution in [0.2, 0.25) is 5.02 Å². The molecule has 0 aliphatic carbocycles. The van der Waals surface area contributed by atoms with E-state index in [2.05, 4.69) is 15.5 Å². The monoisotopic (exact) mass is 273 g/mol. The van der Waals surface area contributed by atoms with Gasteiger partial charge in [0.05, 0.1) is 11.4 Å². The number of aromatic nitrogens is 1. The van der Waals surface area contributed by atoms with Gasteiger partial charge in [-0.3, -0.25) is 9.78 Å². The Morgan fingerprint density at radius 1 is 1.26 bits per heavy atom. The van der Waals surface area contributed by atoms with E-state index in [-0.39, 0.29) is 5.91 Å². The molecule has 1 amide bonds. The molecule has 0 atom stereocenters. The second kappa shape index (κ2) is 6.11. The van der Waals surface area contributed by atoms with Gasteiger partial charge in [-0.2, -0.15) is 5.10 Å². The van der Waals surface area contributed by atoms with Gasteiger partial charge in [-0.25, -0.2) is 5.43 Å². The molecule has 1 aromatic carbocycles. The predicted molar refractivity (Wildman–Crippen MR) is 75.4 cm³/mol. The van der Waals surface area contributed by atoms with Crippen LogP contribution in [-0.4, -0.2) is 16.6 Å². The second-order valence-corrected chi connectivity index (χ2v) is 4.30. The van der Waals surface area contributed by atoms with Crippen LogP contribution >= 0.6 is 11.6 Å². The zero-order valence-electron chi connectivity index (χ0n) is 10.3. The molecule has 0 aliphatic heterocycles. The van der Waals surface area contributed by atoms with Gasteiger partial charge in [0.2, 0.25) is 0 Å². The number of amides is 1. The van der Waals surface area contributed by atoms with Crippen LogP contribution in [0.4, 0.5) is 0 Å². The number of benzene rings is 1.